The molecule has 0 rings (SSSR count). The summed E-state index contributed by atoms with van der Waals surface area (Å²) in [7, 11) is 1.48. The first-order valence-corrected chi connectivity index (χ1v) is 3.75. The highest BCUT2D eigenvalue weighted by Gasteiger charge is 2.14. The quantitative estimate of drug-likeness (QED) is 0.567. The Labute approximate surface area is 76.3 Å². The Morgan fingerprint density at radius 2 is 2.00 bits per heavy atom. The van der Waals surface area contributed by atoms with E-state index in [4.69, 9.17) is 10.2 Å². The van der Waals surface area contributed by atoms with Gasteiger partial charge in [0.15, 0.2) is 0 Å². The number of aliphatic carboxylic acids is 1. The van der Waals surface area contributed by atoms with Gasteiger partial charge in [-0.15, -0.1) is 0 Å². The number of likely N-dealkylation sites (N-methyl/N-ethyl adjacent to an activating group) is 1. The Morgan fingerprint density at radius 1 is 1.46 bits per heavy atom. The number of aliphatic hydroxyl groups excluding tert-OH is 1. The molecular formula is C8H13NO4. The van der Waals surface area contributed by atoms with Crippen LogP contribution in [0.25, 0.3) is 0 Å². The Bertz CT molecular complexity index is 224. The Balaban J connectivity index is 4.09. The van der Waals surface area contributed by atoms with Crippen LogP contribution in [0.3, 0.4) is 0 Å². The van der Waals surface area contributed by atoms with Crippen LogP contribution in [0, 0.1) is 0 Å². The van der Waals surface area contributed by atoms with Crippen molar-refractivity contribution in [2.75, 3.05) is 20.2 Å². The molecule has 0 bridgehead atoms. The third-order valence-electron chi connectivity index (χ3n) is 1.45. The van der Waals surface area contributed by atoms with E-state index in [9.17, 15) is 9.59 Å². The van der Waals surface area contributed by atoms with Crippen LogP contribution in [0.1, 0.15) is 6.42 Å². The van der Waals surface area contributed by atoms with E-state index in [1.807, 2.05) is 0 Å². The predicted molar refractivity (Wildman–Crippen MR) is 46.1 cm³/mol. The molecule has 0 saturated carbocycles. The number of aliphatic hydroxyl groups is 1. The minimum absolute atomic E-state index is 0.0171. The first-order valence-electron chi connectivity index (χ1n) is 3.75. The third kappa shape index (κ3) is 4.27. The first-order chi connectivity index (χ1) is 5.99. The highest BCUT2D eigenvalue weighted by molar-refractivity contribution is 5.96. The lowest BCUT2D eigenvalue weighted by Gasteiger charge is -2.15. The minimum atomic E-state index is -1.09. The van der Waals surface area contributed by atoms with E-state index in [0.717, 1.165) is 0 Å². The largest absolute Gasteiger partial charge is 0.481 e. The van der Waals surface area contributed by atoms with Crippen LogP contribution in [0.15, 0.2) is 12.2 Å². The zero-order chi connectivity index (χ0) is 10.4. The van der Waals surface area contributed by atoms with Crippen LogP contribution >= 0.6 is 0 Å². The van der Waals surface area contributed by atoms with Gasteiger partial charge in [-0.05, 0) is 0 Å². The second-order valence-corrected chi connectivity index (χ2v) is 2.62. The molecule has 0 spiro atoms. The molecule has 13 heavy (non-hydrogen) atoms. The van der Waals surface area contributed by atoms with Gasteiger partial charge in [-0.25, -0.2) is 0 Å². The Hall–Kier alpha value is -1.36. The van der Waals surface area contributed by atoms with E-state index < -0.39 is 11.9 Å². The van der Waals surface area contributed by atoms with Gasteiger partial charge in [-0.1, -0.05) is 6.58 Å². The average Bonchev–Trinajstić information content (AvgIpc) is 2.02. The van der Waals surface area contributed by atoms with Crippen molar-refractivity contribution in [3.05, 3.63) is 12.2 Å². The van der Waals surface area contributed by atoms with Crippen LogP contribution in [-0.2, 0) is 9.59 Å². The molecule has 0 saturated heterocycles. The third-order valence-corrected chi connectivity index (χ3v) is 1.45. The van der Waals surface area contributed by atoms with Crippen molar-refractivity contribution >= 4 is 11.9 Å². The lowest BCUT2D eigenvalue weighted by molar-refractivity contribution is -0.137. The van der Waals surface area contributed by atoms with Crippen LogP contribution in [0.4, 0.5) is 0 Å². The normalized spacial score (nSPS) is 9.38. The monoisotopic (exact) mass is 187 g/mol. The fourth-order valence-electron chi connectivity index (χ4n) is 0.780. The van der Waals surface area contributed by atoms with E-state index in [-0.39, 0.29) is 25.1 Å². The Morgan fingerprint density at radius 3 is 2.38 bits per heavy atom. The van der Waals surface area contributed by atoms with E-state index in [0.29, 0.717) is 0 Å². The second-order valence-electron chi connectivity index (χ2n) is 2.62. The highest BCUT2D eigenvalue weighted by Crippen LogP contribution is 2.02. The smallest absolute Gasteiger partial charge is 0.308 e. The number of nitrogens with zero attached hydrogens (tertiary/aromatic N) is 1. The molecule has 0 unspecified atom stereocenters. The van der Waals surface area contributed by atoms with Crippen LogP contribution in [-0.4, -0.2) is 47.2 Å². The number of hydrogen-bond acceptors (Lipinski definition) is 3. The molecule has 0 fully saturated rings. The average molecular weight is 187 g/mol. The maximum atomic E-state index is 11.2. The molecule has 1 amide bonds. The van der Waals surface area contributed by atoms with Crippen molar-refractivity contribution in [2.45, 2.75) is 6.42 Å². The second kappa shape index (κ2) is 5.31. The van der Waals surface area contributed by atoms with Crippen molar-refractivity contribution in [3.63, 3.8) is 0 Å². The number of rotatable bonds is 5. The number of amides is 1. The van der Waals surface area contributed by atoms with E-state index in [1.54, 1.807) is 0 Å². The van der Waals surface area contributed by atoms with Crippen molar-refractivity contribution in [2.24, 2.45) is 0 Å². The van der Waals surface area contributed by atoms with Gasteiger partial charge in [0, 0.05) is 19.2 Å². The van der Waals surface area contributed by atoms with Crippen molar-refractivity contribution in [3.8, 4) is 0 Å². The van der Waals surface area contributed by atoms with Crippen LogP contribution in [0.2, 0.25) is 0 Å². The van der Waals surface area contributed by atoms with Crippen molar-refractivity contribution in [1.29, 1.82) is 0 Å². The summed E-state index contributed by atoms with van der Waals surface area (Å²) >= 11 is 0. The maximum absolute atomic E-state index is 11.2. The van der Waals surface area contributed by atoms with Gasteiger partial charge in [0.05, 0.1) is 13.0 Å². The summed E-state index contributed by atoms with van der Waals surface area (Å²) in [6, 6.07) is 0. The van der Waals surface area contributed by atoms with Gasteiger partial charge in [0.2, 0.25) is 5.91 Å². The van der Waals surface area contributed by atoms with Gasteiger partial charge in [-0.3, -0.25) is 9.59 Å². The van der Waals surface area contributed by atoms with Crippen LogP contribution < -0.4 is 0 Å². The zero-order valence-corrected chi connectivity index (χ0v) is 7.49. The zero-order valence-electron chi connectivity index (χ0n) is 7.49. The van der Waals surface area contributed by atoms with E-state index >= 15 is 0 Å². The van der Waals surface area contributed by atoms with Gasteiger partial charge in [0.25, 0.3) is 0 Å². The SMILES string of the molecule is C=C(CC(=O)O)C(=O)N(C)CCO. The summed E-state index contributed by atoms with van der Waals surface area (Å²) < 4.78 is 0. The molecule has 0 aliphatic carbocycles. The van der Waals surface area contributed by atoms with E-state index in [1.165, 1.54) is 11.9 Å². The van der Waals surface area contributed by atoms with Gasteiger partial charge in [0.1, 0.15) is 0 Å². The molecule has 0 heterocycles. The van der Waals surface area contributed by atoms with Crippen molar-refractivity contribution in [1.82, 2.24) is 4.90 Å². The molecule has 0 radical (unpaired) electrons. The summed E-state index contributed by atoms with van der Waals surface area (Å²) in [5.74, 6) is -1.54. The first kappa shape index (κ1) is 11.6. The minimum Gasteiger partial charge on any atom is -0.481 e. The van der Waals surface area contributed by atoms with Gasteiger partial charge >= 0.3 is 5.97 Å². The number of hydrogen-bond donors (Lipinski definition) is 2. The Kier molecular flexibility index (Phi) is 4.76. The molecule has 0 aromatic heterocycles. The predicted octanol–water partition coefficient (Wildman–Crippen LogP) is -0.532. The molecule has 0 aromatic carbocycles. The molecule has 5 nitrogen and oxygen atoms in total. The number of carbonyl (C=O) groups is 2. The molecule has 0 aliphatic heterocycles. The topological polar surface area (TPSA) is 77.8 Å². The summed E-state index contributed by atoms with van der Waals surface area (Å²) in [5, 5.41) is 16.9. The maximum Gasteiger partial charge on any atom is 0.308 e. The molecule has 5 heteroatoms. The molecule has 74 valence electrons. The van der Waals surface area contributed by atoms with Crippen molar-refractivity contribution < 1.29 is 19.8 Å². The lowest BCUT2D eigenvalue weighted by Crippen LogP contribution is -2.31. The number of carboxylic acids is 1. The van der Waals surface area contributed by atoms with Crippen LogP contribution in [0.5, 0.6) is 0 Å². The van der Waals surface area contributed by atoms with E-state index in [2.05, 4.69) is 6.58 Å². The van der Waals surface area contributed by atoms with Gasteiger partial charge in [-0.2, -0.15) is 0 Å². The van der Waals surface area contributed by atoms with Gasteiger partial charge < -0.3 is 15.1 Å². The summed E-state index contributed by atoms with van der Waals surface area (Å²) in [6.45, 7) is 3.37. The molecule has 0 atom stereocenters. The molecule has 0 aromatic rings. The highest BCUT2D eigenvalue weighted by atomic mass is 16.4. The fraction of sp³-hybridized carbons (Fsp3) is 0.500. The standard InChI is InChI=1S/C8H13NO4/c1-6(5-7(11)12)8(13)9(2)3-4-10/h10H,1,3-5H2,2H3,(H,11,12). The fourth-order valence-corrected chi connectivity index (χ4v) is 0.780. The molecular weight excluding hydrogens is 174 g/mol. The lowest BCUT2D eigenvalue weighted by atomic mass is 10.2. The molecule has 0 aliphatic rings. The summed E-state index contributed by atoms with van der Waals surface area (Å²) in [4.78, 5) is 22.7. The summed E-state index contributed by atoms with van der Waals surface area (Å²) in [5.41, 5.74) is 0.0171. The number of carboxylic acid groups (broad SMARTS) is 1. The number of carbonyl (C=O) groups excluding carboxylic acids is 1. The summed E-state index contributed by atoms with van der Waals surface area (Å²) in [6.07, 6.45) is -0.366. The molecule has 2 N–H and O–H groups in total.